The van der Waals surface area contributed by atoms with Crippen LogP contribution in [0.15, 0.2) is 18.2 Å². The first-order valence-electron chi connectivity index (χ1n) is 6.50. The second-order valence-electron chi connectivity index (χ2n) is 4.54. The fraction of sp³-hybridized carbons (Fsp3) is 0.429. The summed E-state index contributed by atoms with van der Waals surface area (Å²) < 4.78 is 0. The van der Waals surface area contributed by atoms with Crippen molar-refractivity contribution in [3.63, 3.8) is 0 Å². The van der Waals surface area contributed by atoms with Crippen molar-refractivity contribution in [3.05, 3.63) is 28.8 Å². The normalized spacial score (nSPS) is 11.8. The van der Waals surface area contributed by atoms with Crippen LogP contribution in [-0.2, 0) is 4.79 Å². The molecule has 0 aliphatic heterocycles. The smallest absolute Gasteiger partial charge is 0.255 e. The lowest BCUT2D eigenvalue weighted by molar-refractivity contribution is -0.121. The highest BCUT2D eigenvalue weighted by Crippen LogP contribution is 2.21. The molecule has 0 radical (unpaired) electrons. The quantitative estimate of drug-likeness (QED) is 0.752. The summed E-state index contributed by atoms with van der Waals surface area (Å²) in [5.74, 6) is -0.727. The van der Waals surface area contributed by atoms with Crippen molar-refractivity contribution in [1.29, 1.82) is 0 Å². The van der Waals surface area contributed by atoms with E-state index in [1.165, 1.54) is 18.2 Å². The van der Waals surface area contributed by atoms with Crippen LogP contribution in [0.3, 0.4) is 0 Å². The van der Waals surface area contributed by atoms with Crippen LogP contribution < -0.4 is 10.6 Å². The highest BCUT2D eigenvalue weighted by Gasteiger charge is 2.12. The second kappa shape index (κ2) is 7.75. The summed E-state index contributed by atoms with van der Waals surface area (Å²) in [5.41, 5.74) is 0.136. The number of benzene rings is 1. The van der Waals surface area contributed by atoms with E-state index < -0.39 is 5.91 Å². The van der Waals surface area contributed by atoms with E-state index >= 15 is 0 Å². The minimum Gasteiger partial charge on any atom is -0.507 e. The Morgan fingerprint density at radius 1 is 1.40 bits per heavy atom. The molecule has 0 aliphatic rings. The van der Waals surface area contributed by atoms with Crippen molar-refractivity contribution < 1.29 is 14.7 Å². The van der Waals surface area contributed by atoms with Gasteiger partial charge in [-0.2, -0.15) is 0 Å². The summed E-state index contributed by atoms with van der Waals surface area (Å²) in [6.07, 6.45) is 1.06. The third kappa shape index (κ3) is 5.09. The first kappa shape index (κ1) is 16.3. The van der Waals surface area contributed by atoms with E-state index in [1.54, 1.807) is 0 Å². The van der Waals surface area contributed by atoms with Crippen molar-refractivity contribution in [2.45, 2.75) is 32.7 Å². The van der Waals surface area contributed by atoms with Crippen molar-refractivity contribution in [3.8, 4) is 5.75 Å². The summed E-state index contributed by atoms with van der Waals surface area (Å²) in [6, 6.07) is 4.38. The van der Waals surface area contributed by atoms with Gasteiger partial charge in [-0.25, -0.2) is 0 Å². The Balaban J connectivity index is 2.42. The fourth-order valence-electron chi connectivity index (χ4n) is 1.53. The molecule has 0 saturated heterocycles. The lowest BCUT2D eigenvalue weighted by atomic mass is 10.2. The number of rotatable bonds is 6. The van der Waals surface area contributed by atoms with E-state index in [0.29, 0.717) is 5.02 Å². The Labute approximate surface area is 123 Å². The van der Waals surface area contributed by atoms with Crippen molar-refractivity contribution >= 4 is 23.4 Å². The van der Waals surface area contributed by atoms with Crippen LogP contribution in [0, 0.1) is 0 Å². The van der Waals surface area contributed by atoms with Gasteiger partial charge in [0.05, 0.1) is 5.56 Å². The molecule has 6 heteroatoms. The molecule has 0 aliphatic carbocycles. The zero-order chi connectivity index (χ0) is 15.1. The number of phenols is 1. The molecule has 1 aromatic rings. The number of hydrogen-bond acceptors (Lipinski definition) is 3. The van der Waals surface area contributed by atoms with Gasteiger partial charge in [-0.1, -0.05) is 18.5 Å². The molecule has 1 rings (SSSR count). The minimum absolute atomic E-state index is 0.111. The van der Waals surface area contributed by atoms with Gasteiger partial charge in [0, 0.05) is 24.0 Å². The van der Waals surface area contributed by atoms with Gasteiger partial charge in [0.1, 0.15) is 5.75 Å². The number of hydrogen-bond donors (Lipinski definition) is 3. The molecule has 20 heavy (non-hydrogen) atoms. The molecule has 1 unspecified atom stereocenters. The summed E-state index contributed by atoms with van der Waals surface area (Å²) in [6.45, 7) is 4.11. The molecular weight excluding hydrogens is 280 g/mol. The summed E-state index contributed by atoms with van der Waals surface area (Å²) in [4.78, 5) is 23.3. The summed E-state index contributed by atoms with van der Waals surface area (Å²) >= 11 is 5.69. The largest absolute Gasteiger partial charge is 0.507 e. The Morgan fingerprint density at radius 2 is 2.10 bits per heavy atom. The maximum atomic E-state index is 11.8. The monoisotopic (exact) mass is 298 g/mol. The number of nitrogens with one attached hydrogen (secondary N) is 2. The highest BCUT2D eigenvalue weighted by atomic mass is 35.5. The van der Waals surface area contributed by atoms with Gasteiger partial charge in [0.25, 0.3) is 5.91 Å². The first-order chi connectivity index (χ1) is 9.43. The number of amides is 2. The molecule has 0 bridgehead atoms. The Kier molecular flexibility index (Phi) is 6.31. The third-order valence-corrected chi connectivity index (χ3v) is 3.10. The number of carbonyl (C=O) groups excluding carboxylic acids is 2. The standard InChI is InChI=1S/C14H19ClN2O3/c1-3-9(2)17-13(19)6-7-16-14(20)11-5-4-10(15)8-12(11)18/h4-5,8-9,18H,3,6-7H2,1-2H3,(H,16,20)(H,17,19). The van der Waals surface area contributed by atoms with Gasteiger partial charge in [-0.15, -0.1) is 0 Å². The highest BCUT2D eigenvalue weighted by molar-refractivity contribution is 6.30. The zero-order valence-electron chi connectivity index (χ0n) is 11.6. The van der Waals surface area contributed by atoms with E-state index in [9.17, 15) is 14.7 Å². The molecule has 0 heterocycles. The van der Waals surface area contributed by atoms with Gasteiger partial charge in [-0.05, 0) is 31.5 Å². The molecular formula is C14H19ClN2O3. The molecule has 0 spiro atoms. The number of phenolic OH excluding ortho intramolecular Hbond substituents is 1. The van der Waals surface area contributed by atoms with Gasteiger partial charge >= 0.3 is 0 Å². The molecule has 2 amide bonds. The van der Waals surface area contributed by atoms with E-state index in [-0.39, 0.29) is 36.2 Å². The lowest BCUT2D eigenvalue weighted by Crippen LogP contribution is -2.35. The van der Waals surface area contributed by atoms with Crippen LogP contribution in [0.1, 0.15) is 37.0 Å². The molecule has 1 atom stereocenters. The summed E-state index contributed by atoms with van der Waals surface area (Å²) in [7, 11) is 0. The number of halogens is 1. The SMILES string of the molecule is CCC(C)NC(=O)CCNC(=O)c1ccc(Cl)cc1O. The molecule has 5 nitrogen and oxygen atoms in total. The molecule has 3 N–H and O–H groups in total. The van der Waals surface area contributed by atoms with Crippen LogP contribution in [0.5, 0.6) is 5.75 Å². The predicted octanol–water partition coefficient (Wildman–Crippen LogP) is 2.08. The second-order valence-corrected chi connectivity index (χ2v) is 4.98. The number of carbonyl (C=O) groups is 2. The van der Waals surface area contributed by atoms with Crippen LogP contribution in [0.25, 0.3) is 0 Å². The van der Waals surface area contributed by atoms with Crippen molar-refractivity contribution in [2.75, 3.05) is 6.54 Å². The lowest BCUT2D eigenvalue weighted by Gasteiger charge is -2.11. The maximum absolute atomic E-state index is 11.8. The van der Waals surface area contributed by atoms with Crippen molar-refractivity contribution in [2.24, 2.45) is 0 Å². The minimum atomic E-state index is -0.435. The third-order valence-electron chi connectivity index (χ3n) is 2.86. The molecule has 0 aromatic heterocycles. The summed E-state index contributed by atoms with van der Waals surface area (Å²) in [5, 5.41) is 15.3. The average molecular weight is 299 g/mol. The van der Waals surface area contributed by atoms with Crippen LogP contribution in [-0.4, -0.2) is 29.5 Å². The fourth-order valence-corrected chi connectivity index (χ4v) is 1.70. The van der Waals surface area contributed by atoms with E-state index in [0.717, 1.165) is 6.42 Å². The van der Waals surface area contributed by atoms with Gasteiger partial charge in [-0.3, -0.25) is 9.59 Å². The van der Waals surface area contributed by atoms with Gasteiger partial charge < -0.3 is 15.7 Å². The Morgan fingerprint density at radius 3 is 2.70 bits per heavy atom. The van der Waals surface area contributed by atoms with E-state index in [4.69, 9.17) is 11.6 Å². The average Bonchev–Trinajstić information content (AvgIpc) is 2.38. The van der Waals surface area contributed by atoms with E-state index in [2.05, 4.69) is 10.6 Å². The Bertz CT molecular complexity index is 491. The molecule has 1 aromatic carbocycles. The van der Waals surface area contributed by atoms with Gasteiger partial charge in [0.15, 0.2) is 0 Å². The topological polar surface area (TPSA) is 78.4 Å². The van der Waals surface area contributed by atoms with Crippen molar-refractivity contribution in [1.82, 2.24) is 10.6 Å². The van der Waals surface area contributed by atoms with Gasteiger partial charge in [0.2, 0.25) is 5.91 Å². The molecule has 110 valence electrons. The molecule has 0 fully saturated rings. The van der Waals surface area contributed by atoms with Crippen LogP contribution in [0.4, 0.5) is 0 Å². The number of aromatic hydroxyl groups is 1. The Hall–Kier alpha value is -1.75. The zero-order valence-corrected chi connectivity index (χ0v) is 12.3. The van der Waals surface area contributed by atoms with Crippen LogP contribution >= 0.6 is 11.6 Å². The van der Waals surface area contributed by atoms with Crippen LogP contribution in [0.2, 0.25) is 5.02 Å². The predicted molar refractivity (Wildman–Crippen MR) is 78.0 cm³/mol. The first-order valence-corrected chi connectivity index (χ1v) is 6.88. The van der Waals surface area contributed by atoms with E-state index in [1.807, 2.05) is 13.8 Å². The maximum Gasteiger partial charge on any atom is 0.255 e. The molecule has 0 saturated carbocycles.